The molecule has 0 unspecified atom stereocenters. The Hall–Kier alpha value is -1.69. The average molecular weight is 215 g/mol. The van der Waals surface area contributed by atoms with Crippen molar-refractivity contribution in [2.45, 2.75) is 0 Å². The van der Waals surface area contributed by atoms with Crippen LogP contribution in [0.2, 0.25) is 0 Å². The second kappa shape index (κ2) is 5.13. The lowest BCUT2D eigenvalue weighted by molar-refractivity contribution is -0.117. The first kappa shape index (κ1) is 10.4. The van der Waals surface area contributed by atoms with Gasteiger partial charge in [0.2, 0.25) is 5.91 Å². The molecule has 3 amide bonds. The van der Waals surface area contributed by atoms with Crippen molar-refractivity contribution in [2.24, 2.45) is 0 Å². The number of urea groups is 1. The number of carbonyl (C=O) groups excluding carboxylic acids is 2. The monoisotopic (exact) mass is 214 g/mol. The first-order valence-corrected chi connectivity index (χ1v) is 4.17. The molecule has 2 N–H and O–H groups in total. The summed E-state index contributed by atoms with van der Waals surface area (Å²) < 4.78 is 0. The summed E-state index contributed by atoms with van der Waals surface area (Å²) >= 11 is 5.18. The number of alkyl halides is 1. The van der Waals surface area contributed by atoms with E-state index >= 15 is 0 Å². The largest absolute Gasteiger partial charge is 0.326 e. The third-order valence-electron chi connectivity index (χ3n) is 1.19. The smallest absolute Gasteiger partial charge is 0.305 e. The molecule has 14 heavy (non-hydrogen) atoms. The molecule has 0 spiro atoms. The molecule has 0 atom stereocenters. The highest BCUT2D eigenvalue weighted by atomic mass is 35.5. The highest BCUT2D eigenvalue weighted by Crippen LogP contribution is 1.98. The molecule has 74 valence electrons. The van der Waals surface area contributed by atoms with Crippen LogP contribution >= 0.6 is 11.6 Å². The summed E-state index contributed by atoms with van der Waals surface area (Å²) in [5.41, 5.74) is 0.396. The first-order chi connectivity index (χ1) is 6.72. The number of carbonyl (C=O) groups is 2. The molecule has 1 heterocycles. The van der Waals surface area contributed by atoms with E-state index < -0.39 is 11.9 Å². The number of imide groups is 1. The predicted molar refractivity (Wildman–Crippen MR) is 49.9 cm³/mol. The second-order valence-electron chi connectivity index (χ2n) is 2.26. The van der Waals surface area contributed by atoms with Crippen molar-refractivity contribution >= 4 is 29.2 Å². The number of hydrogen-bond donors (Lipinski definition) is 2. The minimum atomic E-state index is -0.662. The van der Waals surface area contributed by atoms with Crippen molar-refractivity contribution in [2.75, 3.05) is 11.2 Å². The van der Waals surface area contributed by atoms with E-state index in [0.29, 0.717) is 5.69 Å². The van der Waals surface area contributed by atoms with Gasteiger partial charge < -0.3 is 5.32 Å². The normalized spacial score (nSPS) is 9.21. The van der Waals surface area contributed by atoms with Crippen molar-refractivity contribution in [3.8, 4) is 0 Å². The van der Waals surface area contributed by atoms with Gasteiger partial charge in [-0.3, -0.25) is 10.1 Å². The summed E-state index contributed by atoms with van der Waals surface area (Å²) in [4.78, 5) is 29.0. The van der Waals surface area contributed by atoms with E-state index in [-0.39, 0.29) is 5.88 Å². The van der Waals surface area contributed by atoms with E-state index in [0.717, 1.165) is 0 Å². The fourth-order valence-corrected chi connectivity index (χ4v) is 0.753. The number of nitrogens with one attached hydrogen (secondary N) is 2. The number of aromatic nitrogens is 2. The molecule has 0 fully saturated rings. The number of halogens is 1. The number of anilines is 1. The number of amides is 3. The van der Waals surface area contributed by atoms with Crippen LogP contribution in [0.25, 0.3) is 0 Å². The maximum Gasteiger partial charge on any atom is 0.326 e. The van der Waals surface area contributed by atoms with Gasteiger partial charge in [-0.15, -0.1) is 11.6 Å². The SMILES string of the molecule is O=C(CCl)NC(=O)Nc1cncnc1. The van der Waals surface area contributed by atoms with Crippen LogP contribution in [0.1, 0.15) is 0 Å². The predicted octanol–water partition coefficient (Wildman–Crippen LogP) is 0.364. The number of hydrogen-bond acceptors (Lipinski definition) is 4. The molecular formula is C7H7ClN4O2. The first-order valence-electron chi connectivity index (χ1n) is 3.64. The van der Waals surface area contributed by atoms with Crippen LogP contribution in [-0.2, 0) is 4.79 Å². The molecule has 0 aliphatic rings. The van der Waals surface area contributed by atoms with Gasteiger partial charge in [-0.1, -0.05) is 0 Å². The van der Waals surface area contributed by atoms with Crippen LogP contribution in [0.5, 0.6) is 0 Å². The van der Waals surface area contributed by atoms with E-state index in [2.05, 4.69) is 15.3 Å². The van der Waals surface area contributed by atoms with E-state index in [1.54, 1.807) is 0 Å². The van der Waals surface area contributed by atoms with Crippen LogP contribution in [0.3, 0.4) is 0 Å². The quantitative estimate of drug-likeness (QED) is 0.697. The lowest BCUT2D eigenvalue weighted by Gasteiger charge is -2.03. The Morgan fingerprint density at radius 2 is 2.00 bits per heavy atom. The molecule has 0 radical (unpaired) electrons. The summed E-state index contributed by atoms with van der Waals surface area (Å²) in [6.45, 7) is 0. The van der Waals surface area contributed by atoms with Crippen molar-refractivity contribution in [1.82, 2.24) is 15.3 Å². The van der Waals surface area contributed by atoms with E-state index in [1.165, 1.54) is 18.7 Å². The molecule has 0 saturated carbocycles. The molecule has 0 aromatic carbocycles. The van der Waals surface area contributed by atoms with Crippen LogP contribution in [0, 0.1) is 0 Å². The molecule has 0 aliphatic heterocycles. The maximum absolute atomic E-state index is 11.0. The molecule has 0 bridgehead atoms. The molecular weight excluding hydrogens is 208 g/mol. The summed E-state index contributed by atoms with van der Waals surface area (Å²) in [6, 6.07) is -0.662. The summed E-state index contributed by atoms with van der Waals surface area (Å²) in [5.74, 6) is -0.834. The number of nitrogens with zero attached hydrogens (tertiary/aromatic N) is 2. The van der Waals surface area contributed by atoms with Gasteiger partial charge in [0.1, 0.15) is 12.2 Å². The van der Waals surface area contributed by atoms with Crippen molar-refractivity contribution in [3.63, 3.8) is 0 Å². The van der Waals surface area contributed by atoms with E-state index in [4.69, 9.17) is 11.6 Å². The summed E-state index contributed by atoms with van der Waals surface area (Å²) in [5, 5.41) is 4.35. The standard InChI is InChI=1S/C7H7ClN4O2/c8-1-6(13)12-7(14)11-5-2-9-4-10-3-5/h2-4H,1H2,(H2,11,12,13,14). The van der Waals surface area contributed by atoms with Crippen molar-refractivity contribution in [1.29, 1.82) is 0 Å². The Labute approximate surface area is 84.7 Å². The van der Waals surface area contributed by atoms with Gasteiger partial charge in [0.25, 0.3) is 0 Å². The highest BCUT2D eigenvalue weighted by Gasteiger charge is 2.05. The van der Waals surface area contributed by atoms with Gasteiger partial charge in [0.05, 0.1) is 18.1 Å². The van der Waals surface area contributed by atoms with Crippen LogP contribution in [-0.4, -0.2) is 27.8 Å². The Morgan fingerprint density at radius 3 is 2.57 bits per heavy atom. The van der Waals surface area contributed by atoms with Gasteiger partial charge in [0, 0.05) is 0 Å². The third kappa shape index (κ3) is 3.36. The van der Waals surface area contributed by atoms with Crippen molar-refractivity contribution in [3.05, 3.63) is 18.7 Å². The zero-order chi connectivity index (χ0) is 10.4. The lowest BCUT2D eigenvalue weighted by Crippen LogP contribution is -2.35. The minimum Gasteiger partial charge on any atom is -0.305 e. The lowest BCUT2D eigenvalue weighted by atomic mass is 10.5. The molecule has 7 heteroatoms. The van der Waals surface area contributed by atoms with Crippen LogP contribution in [0.15, 0.2) is 18.7 Å². The summed E-state index contributed by atoms with van der Waals surface area (Å²) in [6.07, 6.45) is 4.13. The van der Waals surface area contributed by atoms with Gasteiger partial charge in [-0.05, 0) is 0 Å². The Kier molecular flexibility index (Phi) is 3.81. The fourth-order valence-electron chi connectivity index (χ4n) is 0.686. The van der Waals surface area contributed by atoms with E-state index in [1.807, 2.05) is 5.32 Å². The zero-order valence-corrected chi connectivity index (χ0v) is 7.78. The molecule has 1 rings (SSSR count). The van der Waals surface area contributed by atoms with Gasteiger partial charge >= 0.3 is 6.03 Å². The highest BCUT2D eigenvalue weighted by molar-refractivity contribution is 6.28. The third-order valence-corrected chi connectivity index (χ3v) is 1.44. The van der Waals surface area contributed by atoms with Gasteiger partial charge in [-0.2, -0.15) is 0 Å². The molecule has 0 saturated heterocycles. The topological polar surface area (TPSA) is 84.0 Å². The molecule has 1 aromatic rings. The molecule has 1 aromatic heterocycles. The van der Waals surface area contributed by atoms with Crippen LogP contribution < -0.4 is 10.6 Å². The Balaban J connectivity index is 2.46. The zero-order valence-electron chi connectivity index (χ0n) is 7.03. The number of rotatable bonds is 2. The van der Waals surface area contributed by atoms with Gasteiger partial charge in [-0.25, -0.2) is 14.8 Å². The molecule has 6 nitrogen and oxygen atoms in total. The second-order valence-corrected chi connectivity index (χ2v) is 2.53. The summed E-state index contributed by atoms with van der Waals surface area (Å²) in [7, 11) is 0. The Bertz CT molecular complexity index is 330. The molecule has 0 aliphatic carbocycles. The minimum absolute atomic E-state index is 0.265. The Morgan fingerprint density at radius 1 is 1.36 bits per heavy atom. The van der Waals surface area contributed by atoms with Gasteiger partial charge in [0.15, 0.2) is 0 Å². The van der Waals surface area contributed by atoms with Crippen LogP contribution in [0.4, 0.5) is 10.5 Å². The average Bonchev–Trinajstić information content (AvgIpc) is 2.19. The van der Waals surface area contributed by atoms with E-state index in [9.17, 15) is 9.59 Å². The fraction of sp³-hybridized carbons (Fsp3) is 0.143. The maximum atomic E-state index is 11.0. The van der Waals surface area contributed by atoms with Crippen molar-refractivity contribution < 1.29 is 9.59 Å².